The topological polar surface area (TPSA) is 97.4 Å². The number of carbonyl (C=O) groups is 1. The number of amides is 1. The third-order valence-electron chi connectivity index (χ3n) is 5.39. The van der Waals surface area contributed by atoms with Gasteiger partial charge in [-0.05, 0) is 74.6 Å². The molecule has 30 heavy (non-hydrogen) atoms. The predicted molar refractivity (Wildman–Crippen MR) is 111 cm³/mol. The highest BCUT2D eigenvalue weighted by molar-refractivity contribution is 7.92. The lowest BCUT2D eigenvalue weighted by atomic mass is 9.93. The van der Waals surface area contributed by atoms with Crippen LogP contribution in [0.3, 0.4) is 0 Å². The lowest BCUT2D eigenvalue weighted by Crippen LogP contribution is -2.45. The summed E-state index contributed by atoms with van der Waals surface area (Å²) in [7, 11) is -7.50. The standard InChI is InChI=1S/C21H24FNO5S2/c1-15-4-3-5-19(14-15)30(27,28)21(22)12-10-17(11-13-21)23-20(24)16-6-8-18(9-7-16)29(2,25)26/h3-9,14,17H,10-13H2,1-2H3,(H,23,24). The minimum Gasteiger partial charge on any atom is -0.349 e. The lowest BCUT2D eigenvalue weighted by molar-refractivity contribution is 0.0905. The van der Waals surface area contributed by atoms with Gasteiger partial charge in [0, 0.05) is 17.9 Å². The van der Waals surface area contributed by atoms with Gasteiger partial charge >= 0.3 is 0 Å². The first-order chi connectivity index (χ1) is 13.9. The molecule has 0 spiro atoms. The smallest absolute Gasteiger partial charge is 0.251 e. The fourth-order valence-electron chi connectivity index (χ4n) is 3.58. The molecule has 0 aliphatic heterocycles. The number of hydrogen-bond donors (Lipinski definition) is 1. The van der Waals surface area contributed by atoms with E-state index < -0.39 is 30.6 Å². The fraction of sp³-hybridized carbons (Fsp3) is 0.381. The Bertz CT molecular complexity index is 1150. The summed E-state index contributed by atoms with van der Waals surface area (Å²) in [6, 6.07) is 11.4. The van der Waals surface area contributed by atoms with Crippen molar-refractivity contribution in [2.45, 2.75) is 53.4 Å². The van der Waals surface area contributed by atoms with Gasteiger partial charge < -0.3 is 5.32 Å². The summed E-state index contributed by atoms with van der Waals surface area (Å²) in [5.41, 5.74) is 1.02. The van der Waals surface area contributed by atoms with Crippen molar-refractivity contribution in [1.29, 1.82) is 0 Å². The second-order valence-corrected chi connectivity index (χ2v) is 12.0. The molecule has 0 unspecified atom stereocenters. The minimum absolute atomic E-state index is 0.0292. The first-order valence-corrected chi connectivity index (χ1v) is 12.9. The molecule has 0 heterocycles. The molecule has 3 rings (SSSR count). The molecule has 1 saturated carbocycles. The molecule has 9 heteroatoms. The number of nitrogens with one attached hydrogen (secondary N) is 1. The van der Waals surface area contributed by atoms with Crippen molar-refractivity contribution in [2.75, 3.05) is 6.26 Å². The molecule has 0 bridgehead atoms. The largest absolute Gasteiger partial charge is 0.349 e. The Labute approximate surface area is 176 Å². The summed E-state index contributed by atoms with van der Waals surface area (Å²) in [5.74, 6) is -0.409. The van der Waals surface area contributed by atoms with Crippen molar-refractivity contribution in [3.63, 3.8) is 0 Å². The molecule has 1 N–H and O–H groups in total. The molecular formula is C21H24FNO5S2. The SMILES string of the molecule is Cc1cccc(S(=O)(=O)C2(F)CCC(NC(=O)c3ccc(S(C)(=O)=O)cc3)CC2)c1. The van der Waals surface area contributed by atoms with Crippen molar-refractivity contribution in [3.05, 3.63) is 59.7 Å². The second kappa shape index (κ2) is 8.11. The van der Waals surface area contributed by atoms with Crippen LogP contribution in [-0.4, -0.2) is 40.0 Å². The number of carbonyl (C=O) groups excluding carboxylic acids is 1. The zero-order valence-electron chi connectivity index (χ0n) is 16.8. The van der Waals surface area contributed by atoms with Crippen molar-refractivity contribution in [2.24, 2.45) is 0 Å². The number of benzene rings is 2. The number of hydrogen-bond acceptors (Lipinski definition) is 5. The van der Waals surface area contributed by atoms with Crippen LogP contribution in [0.25, 0.3) is 0 Å². The molecule has 2 aromatic carbocycles. The maximum atomic E-state index is 15.4. The average Bonchev–Trinajstić information content (AvgIpc) is 2.69. The third kappa shape index (κ3) is 4.57. The number of alkyl halides is 1. The molecule has 0 atom stereocenters. The zero-order valence-corrected chi connectivity index (χ0v) is 18.4. The van der Waals surface area contributed by atoms with Crippen LogP contribution < -0.4 is 5.32 Å². The maximum absolute atomic E-state index is 15.4. The monoisotopic (exact) mass is 453 g/mol. The zero-order chi connectivity index (χ0) is 22.2. The van der Waals surface area contributed by atoms with Gasteiger partial charge in [0.2, 0.25) is 14.8 Å². The van der Waals surface area contributed by atoms with Crippen LogP contribution in [0.2, 0.25) is 0 Å². The molecule has 0 aromatic heterocycles. The van der Waals surface area contributed by atoms with Gasteiger partial charge in [0.15, 0.2) is 9.84 Å². The van der Waals surface area contributed by atoms with Crippen LogP contribution >= 0.6 is 0 Å². The van der Waals surface area contributed by atoms with E-state index >= 15 is 4.39 Å². The number of sulfone groups is 2. The van der Waals surface area contributed by atoms with Gasteiger partial charge in [-0.3, -0.25) is 4.79 Å². The first-order valence-electron chi connectivity index (χ1n) is 9.54. The molecule has 6 nitrogen and oxygen atoms in total. The first kappa shape index (κ1) is 22.4. The van der Waals surface area contributed by atoms with Gasteiger partial charge in [-0.25, -0.2) is 21.2 Å². The summed E-state index contributed by atoms with van der Waals surface area (Å²) < 4.78 is 64.0. The van der Waals surface area contributed by atoms with Crippen LogP contribution in [0, 0.1) is 6.92 Å². The van der Waals surface area contributed by atoms with Crippen LogP contribution in [0.15, 0.2) is 58.3 Å². The molecule has 1 aliphatic rings. The van der Waals surface area contributed by atoms with Gasteiger partial charge in [0.1, 0.15) is 0 Å². The van der Waals surface area contributed by atoms with Crippen LogP contribution in [0.4, 0.5) is 4.39 Å². The van der Waals surface area contributed by atoms with E-state index in [0.717, 1.165) is 11.8 Å². The van der Waals surface area contributed by atoms with Crippen molar-refractivity contribution >= 4 is 25.6 Å². The molecule has 2 aromatic rings. The Morgan fingerprint density at radius 1 is 1.00 bits per heavy atom. The third-order valence-corrected chi connectivity index (χ3v) is 8.77. The Hall–Kier alpha value is -2.26. The van der Waals surface area contributed by atoms with Crippen LogP contribution in [0.5, 0.6) is 0 Å². The van der Waals surface area contributed by atoms with Gasteiger partial charge in [0.05, 0.1) is 9.79 Å². The Morgan fingerprint density at radius 3 is 2.13 bits per heavy atom. The van der Waals surface area contributed by atoms with Gasteiger partial charge in [-0.2, -0.15) is 0 Å². The van der Waals surface area contributed by atoms with Gasteiger partial charge in [-0.15, -0.1) is 0 Å². The fourth-order valence-corrected chi connectivity index (χ4v) is 6.00. The summed E-state index contributed by atoms with van der Waals surface area (Å²) >= 11 is 0. The molecule has 1 amide bonds. The number of rotatable bonds is 5. The molecule has 0 radical (unpaired) electrons. The molecule has 162 valence electrons. The molecular weight excluding hydrogens is 429 g/mol. The molecule has 1 aliphatic carbocycles. The molecule has 1 fully saturated rings. The second-order valence-electron chi connectivity index (χ2n) is 7.75. The summed E-state index contributed by atoms with van der Waals surface area (Å²) in [6.45, 7) is 1.75. The summed E-state index contributed by atoms with van der Waals surface area (Å²) in [4.78, 5) is 12.5. The Kier molecular flexibility index (Phi) is 6.06. The van der Waals surface area contributed by atoms with E-state index in [1.54, 1.807) is 19.1 Å². The van der Waals surface area contributed by atoms with Crippen molar-refractivity contribution in [3.8, 4) is 0 Å². The summed E-state index contributed by atoms with van der Waals surface area (Å²) in [5, 5.41) is 0.420. The van der Waals surface area contributed by atoms with Gasteiger partial charge in [0.25, 0.3) is 5.91 Å². The van der Waals surface area contributed by atoms with E-state index in [-0.39, 0.29) is 47.1 Å². The predicted octanol–water partition coefficient (Wildman–Crippen LogP) is 3.21. The van der Waals surface area contributed by atoms with E-state index in [2.05, 4.69) is 5.32 Å². The maximum Gasteiger partial charge on any atom is 0.251 e. The van der Waals surface area contributed by atoms with Gasteiger partial charge in [-0.1, -0.05) is 12.1 Å². The van der Waals surface area contributed by atoms with E-state index in [1.165, 1.54) is 36.4 Å². The Morgan fingerprint density at radius 2 is 1.60 bits per heavy atom. The van der Waals surface area contributed by atoms with Crippen LogP contribution in [-0.2, 0) is 19.7 Å². The lowest BCUT2D eigenvalue weighted by Gasteiger charge is -2.33. The number of halogens is 1. The highest BCUT2D eigenvalue weighted by Gasteiger charge is 2.47. The highest BCUT2D eigenvalue weighted by Crippen LogP contribution is 2.40. The Balaban J connectivity index is 1.66. The number of aryl methyl sites for hydroxylation is 1. The van der Waals surface area contributed by atoms with E-state index in [4.69, 9.17) is 0 Å². The normalized spacial score (nSPS) is 22.4. The highest BCUT2D eigenvalue weighted by atomic mass is 32.2. The van der Waals surface area contributed by atoms with E-state index in [0.29, 0.717) is 0 Å². The van der Waals surface area contributed by atoms with Crippen molar-refractivity contribution < 1.29 is 26.0 Å². The quantitative estimate of drug-likeness (QED) is 0.750. The molecule has 0 saturated heterocycles. The van der Waals surface area contributed by atoms with Crippen LogP contribution in [0.1, 0.15) is 41.6 Å². The summed E-state index contributed by atoms with van der Waals surface area (Å²) in [6.07, 6.45) is 1.05. The van der Waals surface area contributed by atoms with E-state index in [9.17, 15) is 21.6 Å². The minimum atomic E-state index is -4.14. The average molecular weight is 454 g/mol. The van der Waals surface area contributed by atoms with Crippen molar-refractivity contribution in [1.82, 2.24) is 5.32 Å². The van der Waals surface area contributed by atoms with E-state index in [1.807, 2.05) is 0 Å².